The van der Waals surface area contributed by atoms with E-state index >= 15 is 0 Å². The van der Waals surface area contributed by atoms with E-state index in [-0.39, 0.29) is 18.7 Å². The molecule has 0 saturated heterocycles. The van der Waals surface area contributed by atoms with Gasteiger partial charge in [-0.05, 0) is 38.3 Å². The number of nitrogens with one attached hydrogen (secondary N) is 3. The van der Waals surface area contributed by atoms with Crippen LogP contribution in [0, 0.1) is 25.7 Å². The number of carbonyl (C=O) groups is 4. The van der Waals surface area contributed by atoms with E-state index in [2.05, 4.69) is 16.2 Å². The van der Waals surface area contributed by atoms with Crippen LogP contribution < -0.4 is 16.2 Å². The van der Waals surface area contributed by atoms with Gasteiger partial charge in [-0.3, -0.25) is 30.0 Å². The lowest BCUT2D eigenvalue weighted by atomic mass is 9.79. The number of anilines is 1. The minimum Gasteiger partial charge on any atom is -0.481 e. The van der Waals surface area contributed by atoms with Crippen LogP contribution in [0.1, 0.15) is 49.7 Å². The Morgan fingerprint density at radius 2 is 1.61 bits per heavy atom. The smallest absolute Gasteiger partial charge is 0.307 e. The lowest BCUT2D eigenvalue weighted by molar-refractivity contribution is -0.149. The summed E-state index contributed by atoms with van der Waals surface area (Å²) in [6, 6.07) is 5.65. The topological polar surface area (TPSA) is 125 Å². The molecule has 0 bridgehead atoms. The number of aliphatic carboxylic acids is 1. The third-order valence-corrected chi connectivity index (χ3v) is 4.98. The Bertz CT molecular complexity index is 762. The standard InChI is InChI=1S/C20H27N3O5/c1-12-7-8-16(13(2)11-12)21-17(24)9-10-18(25)22-23-19(26)14-5-3-4-6-15(14)20(27)28/h7-8,11,14-15H,3-6,9-10H2,1-2H3,(H,21,24)(H,22,25)(H,23,26)(H,27,28)/t14-,15-/m1/s1. The number of hydrazine groups is 1. The number of carboxylic acids is 1. The SMILES string of the molecule is Cc1ccc(NC(=O)CCC(=O)NNC(=O)[C@@H]2CCCC[C@H]2C(=O)O)c(C)c1. The van der Waals surface area contributed by atoms with Gasteiger partial charge in [-0.25, -0.2) is 0 Å². The first kappa shape index (κ1) is 21.4. The molecule has 1 saturated carbocycles. The Hall–Kier alpha value is -2.90. The third-order valence-electron chi connectivity index (χ3n) is 4.98. The maximum Gasteiger partial charge on any atom is 0.307 e. The maximum absolute atomic E-state index is 12.2. The number of amides is 3. The number of benzene rings is 1. The number of hydrogen-bond acceptors (Lipinski definition) is 4. The van der Waals surface area contributed by atoms with E-state index in [1.54, 1.807) is 0 Å². The Morgan fingerprint density at radius 3 is 2.25 bits per heavy atom. The van der Waals surface area contributed by atoms with Crippen molar-refractivity contribution >= 4 is 29.4 Å². The van der Waals surface area contributed by atoms with Crippen LogP contribution in [-0.2, 0) is 19.2 Å². The van der Waals surface area contributed by atoms with Gasteiger partial charge in [-0.15, -0.1) is 0 Å². The Morgan fingerprint density at radius 1 is 0.964 bits per heavy atom. The van der Waals surface area contributed by atoms with E-state index in [0.29, 0.717) is 18.5 Å². The van der Waals surface area contributed by atoms with Crippen molar-refractivity contribution in [2.75, 3.05) is 5.32 Å². The zero-order valence-corrected chi connectivity index (χ0v) is 16.2. The monoisotopic (exact) mass is 389 g/mol. The van der Waals surface area contributed by atoms with E-state index < -0.39 is 29.6 Å². The fourth-order valence-corrected chi connectivity index (χ4v) is 3.42. The van der Waals surface area contributed by atoms with Gasteiger partial charge in [0.1, 0.15) is 0 Å². The summed E-state index contributed by atoms with van der Waals surface area (Å²) in [5, 5.41) is 12.0. The molecule has 1 aromatic carbocycles. The molecule has 8 nitrogen and oxygen atoms in total. The highest BCUT2D eigenvalue weighted by Crippen LogP contribution is 2.30. The van der Waals surface area contributed by atoms with E-state index in [4.69, 9.17) is 0 Å². The molecule has 2 rings (SSSR count). The van der Waals surface area contributed by atoms with Gasteiger partial charge in [0.2, 0.25) is 17.7 Å². The molecule has 0 aromatic heterocycles. The van der Waals surface area contributed by atoms with Crippen molar-refractivity contribution < 1.29 is 24.3 Å². The molecule has 152 valence electrons. The predicted octanol–water partition coefficient (Wildman–Crippen LogP) is 2.06. The van der Waals surface area contributed by atoms with Crippen LogP contribution in [0.2, 0.25) is 0 Å². The van der Waals surface area contributed by atoms with Gasteiger partial charge in [-0.1, -0.05) is 30.5 Å². The van der Waals surface area contributed by atoms with Crippen molar-refractivity contribution in [3.63, 3.8) is 0 Å². The molecule has 28 heavy (non-hydrogen) atoms. The normalized spacial score (nSPS) is 18.8. The average molecular weight is 389 g/mol. The highest BCUT2D eigenvalue weighted by Gasteiger charge is 2.35. The van der Waals surface area contributed by atoms with Crippen LogP contribution in [0.5, 0.6) is 0 Å². The van der Waals surface area contributed by atoms with Gasteiger partial charge in [0, 0.05) is 18.5 Å². The van der Waals surface area contributed by atoms with E-state index in [0.717, 1.165) is 24.0 Å². The molecular weight excluding hydrogens is 362 g/mol. The molecule has 1 aliphatic carbocycles. The Kier molecular flexibility index (Phi) is 7.54. The molecule has 0 radical (unpaired) electrons. The van der Waals surface area contributed by atoms with Crippen LogP contribution in [0.4, 0.5) is 5.69 Å². The number of carboxylic acid groups (broad SMARTS) is 1. The van der Waals surface area contributed by atoms with Crippen molar-refractivity contribution in [2.24, 2.45) is 11.8 Å². The molecule has 1 aliphatic rings. The number of rotatable bonds is 6. The molecule has 8 heteroatoms. The largest absolute Gasteiger partial charge is 0.481 e. The Balaban J connectivity index is 1.75. The summed E-state index contributed by atoms with van der Waals surface area (Å²) in [7, 11) is 0. The minimum absolute atomic E-state index is 0.0315. The van der Waals surface area contributed by atoms with Gasteiger partial charge in [0.25, 0.3) is 0 Å². The van der Waals surface area contributed by atoms with Crippen LogP contribution in [0.3, 0.4) is 0 Å². The second kappa shape index (κ2) is 9.87. The molecule has 0 spiro atoms. The molecule has 4 N–H and O–H groups in total. The summed E-state index contributed by atoms with van der Waals surface area (Å²) in [5.74, 6) is -3.68. The molecule has 1 fully saturated rings. The van der Waals surface area contributed by atoms with E-state index in [1.165, 1.54) is 0 Å². The predicted molar refractivity (Wildman–Crippen MR) is 103 cm³/mol. The summed E-state index contributed by atoms with van der Waals surface area (Å²) >= 11 is 0. The lowest BCUT2D eigenvalue weighted by Crippen LogP contribution is -2.48. The van der Waals surface area contributed by atoms with Crippen LogP contribution in [0.15, 0.2) is 18.2 Å². The van der Waals surface area contributed by atoms with Crippen molar-refractivity contribution in [3.8, 4) is 0 Å². The molecule has 3 amide bonds. The first-order chi connectivity index (χ1) is 13.3. The number of carbonyl (C=O) groups excluding carboxylic acids is 3. The molecule has 0 unspecified atom stereocenters. The molecule has 0 aliphatic heterocycles. The summed E-state index contributed by atoms with van der Waals surface area (Å²) in [5.41, 5.74) is 7.28. The van der Waals surface area contributed by atoms with Crippen molar-refractivity contribution in [1.82, 2.24) is 10.9 Å². The minimum atomic E-state index is -0.991. The zero-order valence-electron chi connectivity index (χ0n) is 16.2. The van der Waals surface area contributed by atoms with Gasteiger partial charge in [-0.2, -0.15) is 0 Å². The number of hydrogen-bond donors (Lipinski definition) is 4. The van der Waals surface area contributed by atoms with Gasteiger partial charge < -0.3 is 10.4 Å². The first-order valence-electron chi connectivity index (χ1n) is 9.46. The first-order valence-corrected chi connectivity index (χ1v) is 9.46. The maximum atomic E-state index is 12.2. The molecule has 0 heterocycles. The Labute approximate surface area is 164 Å². The van der Waals surface area contributed by atoms with Crippen LogP contribution in [-0.4, -0.2) is 28.8 Å². The third kappa shape index (κ3) is 6.07. The molecule has 1 aromatic rings. The summed E-state index contributed by atoms with van der Waals surface area (Å²) in [4.78, 5) is 47.4. The fraction of sp³-hybridized carbons (Fsp3) is 0.500. The van der Waals surface area contributed by atoms with E-state index in [1.807, 2.05) is 32.0 Å². The second-order valence-corrected chi connectivity index (χ2v) is 7.24. The molecular formula is C20H27N3O5. The highest BCUT2D eigenvalue weighted by molar-refractivity contribution is 5.94. The lowest BCUT2D eigenvalue weighted by Gasteiger charge is -2.27. The summed E-state index contributed by atoms with van der Waals surface area (Å²) in [6.07, 6.45) is 2.38. The van der Waals surface area contributed by atoms with Crippen LogP contribution in [0.25, 0.3) is 0 Å². The summed E-state index contributed by atoms with van der Waals surface area (Å²) in [6.45, 7) is 3.85. The zero-order chi connectivity index (χ0) is 20.7. The quantitative estimate of drug-likeness (QED) is 0.554. The van der Waals surface area contributed by atoms with Crippen molar-refractivity contribution in [2.45, 2.75) is 52.4 Å². The highest BCUT2D eigenvalue weighted by atomic mass is 16.4. The molecule has 2 atom stereocenters. The second-order valence-electron chi connectivity index (χ2n) is 7.24. The summed E-state index contributed by atoms with van der Waals surface area (Å²) < 4.78 is 0. The van der Waals surface area contributed by atoms with E-state index in [9.17, 15) is 24.3 Å². The van der Waals surface area contributed by atoms with Crippen molar-refractivity contribution in [1.29, 1.82) is 0 Å². The fourth-order valence-electron chi connectivity index (χ4n) is 3.42. The van der Waals surface area contributed by atoms with Gasteiger partial charge in [0.05, 0.1) is 11.8 Å². The van der Waals surface area contributed by atoms with Crippen molar-refractivity contribution in [3.05, 3.63) is 29.3 Å². The van der Waals surface area contributed by atoms with Gasteiger partial charge in [0.15, 0.2) is 0 Å². The average Bonchev–Trinajstić information content (AvgIpc) is 2.66. The number of aryl methyl sites for hydroxylation is 2. The van der Waals surface area contributed by atoms with Gasteiger partial charge >= 0.3 is 5.97 Å². The van der Waals surface area contributed by atoms with Crippen LogP contribution >= 0.6 is 0 Å².